The number of nitrogens with one attached hydrogen (secondary N) is 1. The molecule has 0 aromatic heterocycles. The highest BCUT2D eigenvalue weighted by atomic mass is 79.9. The largest absolute Gasteiger partial charge is 0.272 e. The summed E-state index contributed by atoms with van der Waals surface area (Å²) in [6.07, 6.45) is 1.63. The van der Waals surface area contributed by atoms with Gasteiger partial charge < -0.3 is 0 Å². The van der Waals surface area contributed by atoms with Crippen molar-refractivity contribution in [2.75, 3.05) is 5.75 Å². The van der Waals surface area contributed by atoms with Crippen LogP contribution in [0.1, 0.15) is 16.7 Å². The Kier molecular flexibility index (Phi) is 6.68. The van der Waals surface area contributed by atoms with Crippen molar-refractivity contribution < 1.29 is 4.79 Å². The van der Waals surface area contributed by atoms with Crippen molar-refractivity contribution in [3.05, 3.63) is 69.7 Å². The number of hydrogen-bond acceptors (Lipinski definition) is 3. The highest BCUT2D eigenvalue weighted by Gasteiger charge is 2.01. The summed E-state index contributed by atoms with van der Waals surface area (Å²) >= 11 is 5.00. The molecular weight excluding hydrogens is 360 g/mol. The zero-order valence-corrected chi connectivity index (χ0v) is 14.7. The number of thioether (sulfide) groups is 1. The molecule has 1 amide bonds. The second kappa shape index (κ2) is 8.76. The van der Waals surface area contributed by atoms with E-state index in [2.05, 4.69) is 57.6 Å². The minimum absolute atomic E-state index is 0.0968. The Morgan fingerprint density at radius 3 is 2.68 bits per heavy atom. The van der Waals surface area contributed by atoms with Crippen LogP contribution in [0.15, 0.2) is 58.1 Å². The number of hydrazone groups is 1. The lowest BCUT2D eigenvalue weighted by molar-refractivity contribution is -0.118. The van der Waals surface area contributed by atoms with Crippen LogP contribution in [0.2, 0.25) is 0 Å². The average Bonchev–Trinajstić information content (AvgIpc) is 2.51. The van der Waals surface area contributed by atoms with Gasteiger partial charge in [0.15, 0.2) is 0 Å². The average molecular weight is 377 g/mol. The van der Waals surface area contributed by atoms with Gasteiger partial charge in [0.25, 0.3) is 0 Å². The van der Waals surface area contributed by atoms with Crippen LogP contribution in [-0.2, 0) is 10.5 Å². The standard InChI is InChI=1S/C17H17BrN2OS/c1-13-6-8-14(9-7-13)11-22-12-17(21)20-19-10-15-4-2-3-5-16(15)18/h2-10H,11-12H2,1H3,(H,20,21)/b19-10-. The third-order valence-corrected chi connectivity index (χ3v) is 4.65. The summed E-state index contributed by atoms with van der Waals surface area (Å²) in [5.41, 5.74) is 5.93. The molecule has 1 N–H and O–H groups in total. The highest BCUT2D eigenvalue weighted by Crippen LogP contribution is 2.14. The summed E-state index contributed by atoms with van der Waals surface area (Å²) in [5.74, 6) is 1.11. The molecule has 0 saturated heterocycles. The molecule has 3 nitrogen and oxygen atoms in total. The van der Waals surface area contributed by atoms with E-state index in [0.29, 0.717) is 5.75 Å². The monoisotopic (exact) mass is 376 g/mol. The van der Waals surface area contributed by atoms with Gasteiger partial charge in [-0.15, -0.1) is 11.8 Å². The van der Waals surface area contributed by atoms with Gasteiger partial charge in [-0.2, -0.15) is 5.10 Å². The molecule has 0 spiro atoms. The highest BCUT2D eigenvalue weighted by molar-refractivity contribution is 9.10. The third kappa shape index (κ3) is 5.66. The van der Waals surface area contributed by atoms with Gasteiger partial charge in [0.1, 0.15) is 0 Å². The Hall–Kier alpha value is -1.59. The number of carbonyl (C=O) groups excluding carboxylic acids is 1. The molecule has 0 unspecified atom stereocenters. The van der Waals surface area contributed by atoms with Gasteiger partial charge in [-0.3, -0.25) is 4.79 Å². The van der Waals surface area contributed by atoms with E-state index in [9.17, 15) is 4.79 Å². The fourth-order valence-electron chi connectivity index (χ4n) is 1.73. The molecular formula is C17H17BrN2OS. The first kappa shape index (κ1) is 16.8. The van der Waals surface area contributed by atoms with Crippen LogP contribution >= 0.6 is 27.7 Å². The normalized spacial score (nSPS) is 10.8. The SMILES string of the molecule is Cc1ccc(CSCC(=O)N/N=C\c2ccccc2Br)cc1. The Labute approximate surface area is 143 Å². The molecule has 0 radical (unpaired) electrons. The number of carbonyl (C=O) groups is 1. The van der Waals surface area contributed by atoms with E-state index >= 15 is 0 Å². The molecule has 0 bridgehead atoms. The third-order valence-electron chi connectivity index (χ3n) is 2.92. The van der Waals surface area contributed by atoms with Gasteiger partial charge in [-0.1, -0.05) is 64.0 Å². The first-order valence-corrected chi connectivity index (χ1v) is 8.79. The van der Waals surface area contributed by atoms with E-state index in [1.807, 2.05) is 24.3 Å². The first-order valence-electron chi connectivity index (χ1n) is 6.85. The van der Waals surface area contributed by atoms with Crippen molar-refractivity contribution >= 4 is 39.8 Å². The summed E-state index contributed by atoms with van der Waals surface area (Å²) in [6, 6.07) is 16.0. The number of halogens is 1. The fraction of sp³-hybridized carbons (Fsp3) is 0.176. The molecule has 0 aliphatic carbocycles. The van der Waals surface area contributed by atoms with Crippen LogP contribution in [0.4, 0.5) is 0 Å². The predicted octanol–water partition coefficient (Wildman–Crippen LogP) is 4.14. The van der Waals surface area contributed by atoms with Crippen molar-refractivity contribution in [3.63, 3.8) is 0 Å². The van der Waals surface area contributed by atoms with Gasteiger partial charge in [0, 0.05) is 15.8 Å². The number of aryl methyl sites for hydroxylation is 1. The topological polar surface area (TPSA) is 41.5 Å². The molecule has 22 heavy (non-hydrogen) atoms. The first-order chi connectivity index (χ1) is 10.6. The minimum atomic E-state index is -0.0968. The maximum Gasteiger partial charge on any atom is 0.250 e. The van der Waals surface area contributed by atoms with Crippen molar-refractivity contribution in [2.45, 2.75) is 12.7 Å². The zero-order chi connectivity index (χ0) is 15.8. The van der Waals surface area contributed by atoms with Crippen LogP contribution in [0.5, 0.6) is 0 Å². The Balaban J connectivity index is 1.72. The second-order valence-electron chi connectivity index (χ2n) is 4.79. The van der Waals surface area contributed by atoms with E-state index in [-0.39, 0.29) is 5.91 Å². The van der Waals surface area contributed by atoms with Gasteiger partial charge in [-0.25, -0.2) is 5.43 Å². The second-order valence-corrected chi connectivity index (χ2v) is 6.63. The Bertz CT molecular complexity index is 656. The molecule has 0 fully saturated rings. The van der Waals surface area contributed by atoms with Crippen molar-refractivity contribution in [2.24, 2.45) is 5.10 Å². The van der Waals surface area contributed by atoms with Crippen LogP contribution in [-0.4, -0.2) is 17.9 Å². The van der Waals surface area contributed by atoms with Crippen molar-refractivity contribution in [1.29, 1.82) is 0 Å². The van der Waals surface area contributed by atoms with E-state index < -0.39 is 0 Å². The summed E-state index contributed by atoms with van der Waals surface area (Å²) in [6.45, 7) is 2.06. The lowest BCUT2D eigenvalue weighted by atomic mass is 10.2. The maximum absolute atomic E-state index is 11.7. The lowest BCUT2D eigenvalue weighted by Crippen LogP contribution is -2.19. The Morgan fingerprint density at radius 2 is 1.95 bits per heavy atom. The number of amides is 1. The lowest BCUT2D eigenvalue weighted by Gasteiger charge is -2.02. The molecule has 2 rings (SSSR count). The van der Waals surface area contributed by atoms with Crippen LogP contribution in [0.3, 0.4) is 0 Å². The summed E-state index contributed by atoms with van der Waals surface area (Å²) in [4.78, 5) is 11.7. The molecule has 114 valence electrons. The van der Waals surface area contributed by atoms with Gasteiger partial charge in [0.05, 0.1) is 12.0 Å². The smallest absolute Gasteiger partial charge is 0.250 e. The van der Waals surface area contributed by atoms with Crippen LogP contribution < -0.4 is 5.43 Å². The predicted molar refractivity (Wildman–Crippen MR) is 97.2 cm³/mol. The van der Waals surface area contributed by atoms with Crippen molar-refractivity contribution in [3.8, 4) is 0 Å². The van der Waals surface area contributed by atoms with Gasteiger partial charge >= 0.3 is 0 Å². The zero-order valence-electron chi connectivity index (χ0n) is 12.3. The van der Waals surface area contributed by atoms with Crippen LogP contribution in [0, 0.1) is 6.92 Å². The molecule has 0 atom stereocenters. The number of nitrogens with zero attached hydrogens (tertiary/aromatic N) is 1. The molecule has 0 heterocycles. The summed E-state index contributed by atoms with van der Waals surface area (Å²) in [7, 11) is 0. The van der Waals surface area contributed by atoms with Gasteiger partial charge in [-0.05, 0) is 18.6 Å². The molecule has 0 saturated carbocycles. The molecule has 2 aromatic carbocycles. The Morgan fingerprint density at radius 1 is 1.23 bits per heavy atom. The quantitative estimate of drug-likeness (QED) is 0.607. The maximum atomic E-state index is 11.7. The van der Waals surface area contributed by atoms with E-state index in [4.69, 9.17) is 0 Å². The van der Waals surface area contributed by atoms with Gasteiger partial charge in [0.2, 0.25) is 5.91 Å². The summed E-state index contributed by atoms with van der Waals surface area (Å²) in [5, 5.41) is 3.97. The van der Waals surface area contributed by atoms with E-state index in [0.717, 1.165) is 15.8 Å². The number of benzene rings is 2. The molecule has 2 aromatic rings. The number of rotatable bonds is 6. The number of hydrogen-bond donors (Lipinski definition) is 1. The fourth-order valence-corrected chi connectivity index (χ4v) is 2.90. The summed E-state index contributed by atoms with van der Waals surface area (Å²) < 4.78 is 0.946. The molecule has 0 aliphatic heterocycles. The minimum Gasteiger partial charge on any atom is -0.272 e. The van der Waals surface area contributed by atoms with Crippen molar-refractivity contribution in [1.82, 2.24) is 5.43 Å². The van der Waals surface area contributed by atoms with Crippen LogP contribution in [0.25, 0.3) is 0 Å². The van der Waals surface area contributed by atoms with E-state index in [1.54, 1.807) is 18.0 Å². The molecule has 0 aliphatic rings. The van der Waals surface area contributed by atoms with E-state index in [1.165, 1.54) is 11.1 Å². The molecule has 5 heteroatoms.